The molecule has 35 heavy (non-hydrogen) atoms. The van der Waals surface area contributed by atoms with Crippen LogP contribution in [0, 0.1) is 5.82 Å². The standard InChI is InChI=1S/C27H22ClFN2O4/c28-20-3-6-23-24(14-20)30(22-4-1-16(2-5-22)17-7-10-35-15-17)26(34)31(23)27(8-9-27)19-11-18(25(32)33)12-21(29)13-19/h1-6,11-14,17H,7-10,15H2,(H,32,33). The van der Waals surface area contributed by atoms with Gasteiger partial charge in [0.15, 0.2) is 0 Å². The first-order valence-corrected chi connectivity index (χ1v) is 11.9. The Hall–Kier alpha value is -3.42. The molecule has 3 aromatic carbocycles. The van der Waals surface area contributed by atoms with Gasteiger partial charge >= 0.3 is 11.7 Å². The first kappa shape index (κ1) is 22.1. The van der Waals surface area contributed by atoms with E-state index < -0.39 is 17.3 Å². The largest absolute Gasteiger partial charge is 0.478 e. The molecule has 1 aromatic heterocycles. The van der Waals surface area contributed by atoms with Crippen molar-refractivity contribution in [3.63, 3.8) is 0 Å². The summed E-state index contributed by atoms with van der Waals surface area (Å²) in [4.78, 5) is 25.5. The molecule has 6 rings (SSSR count). The second-order valence-corrected chi connectivity index (χ2v) is 9.74. The van der Waals surface area contributed by atoms with E-state index in [0.717, 1.165) is 19.1 Å². The predicted octanol–water partition coefficient (Wildman–Crippen LogP) is 5.32. The number of carboxylic acids is 1. The van der Waals surface area contributed by atoms with Crippen molar-refractivity contribution in [1.29, 1.82) is 0 Å². The number of rotatable bonds is 5. The maximum absolute atomic E-state index is 14.4. The maximum atomic E-state index is 14.4. The van der Waals surface area contributed by atoms with Crippen LogP contribution in [0.1, 0.15) is 46.7 Å². The molecule has 2 fully saturated rings. The van der Waals surface area contributed by atoms with Crippen molar-refractivity contribution in [2.75, 3.05) is 13.2 Å². The van der Waals surface area contributed by atoms with Crippen molar-refractivity contribution in [1.82, 2.24) is 9.13 Å². The van der Waals surface area contributed by atoms with Gasteiger partial charge in [0, 0.05) is 17.5 Å². The molecule has 4 aromatic rings. The number of carboxylic acid groups (broad SMARTS) is 1. The SMILES string of the molecule is O=C(O)c1cc(F)cc(C2(n3c(=O)n(-c4ccc(C5CCOC5)cc4)c4cc(Cl)ccc43)CC2)c1. The van der Waals surface area contributed by atoms with Crippen LogP contribution in [0.3, 0.4) is 0 Å². The summed E-state index contributed by atoms with van der Waals surface area (Å²) in [6, 6.07) is 16.9. The van der Waals surface area contributed by atoms with Gasteiger partial charge in [-0.3, -0.25) is 9.13 Å². The van der Waals surface area contributed by atoms with Gasteiger partial charge in [-0.1, -0.05) is 23.7 Å². The Morgan fingerprint density at radius 1 is 1.06 bits per heavy atom. The molecule has 8 heteroatoms. The number of carbonyl (C=O) groups is 1. The van der Waals surface area contributed by atoms with Gasteiger partial charge in [0.05, 0.1) is 34.4 Å². The molecule has 1 atom stereocenters. The Labute approximate surface area is 205 Å². The van der Waals surface area contributed by atoms with Crippen molar-refractivity contribution in [3.8, 4) is 5.69 Å². The van der Waals surface area contributed by atoms with Crippen LogP contribution >= 0.6 is 11.6 Å². The molecule has 1 aliphatic carbocycles. The molecular weight excluding hydrogens is 471 g/mol. The number of nitrogens with zero attached hydrogens (tertiary/aromatic N) is 2. The van der Waals surface area contributed by atoms with Crippen LogP contribution < -0.4 is 5.69 Å². The lowest BCUT2D eigenvalue weighted by atomic mass is 9.98. The summed E-state index contributed by atoms with van der Waals surface area (Å²) >= 11 is 6.32. The lowest BCUT2D eigenvalue weighted by Crippen LogP contribution is -2.32. The highest BCUT2D eigenvalue weighted by Crippen LogP contribution is 2.50. The minimum Gasteiger partial charge on any atom is -0.478 e. The fourth-order valence-corrected chi connectivity index (χ4v) is 5.43. The third-order valence-electron chi connectivity index (χ3n) is 7.19. The molecule has 0 bridgehead atoms. The molecule has 1 saturated heterocycles. The fraction of sp³-hybridized carbons (Fsp3) is 0.259. The molecule has 1 saturated carbocycles. The predicted molar refractivity (Wildman–Crippen MR) is 130 cm³/mol. The smallest absolute Gasteiger partial charge is 0.335 e. The number of halogens is 2. The molecule has 178 valence electrons. The summed E-state index contributed by atoms with van der Waals surface area (Å²) < 4.78 is 23.2. The lowest BCUT2D eigenvalue weighted by Gasteiger charge is -2.19. The normalized spacial score (nSPS) is 18.7. The highest BCUT2D eigenvalue weighted by Gasteiger charge is 2.49. The highest BCUT2D eigenvalue weighted by molar-refractivity contribution is 6.31. The number of fused-ring (bicyclic) bond motifs is 1. The molecule has 0 amide bonds. The van der Waals surface area contributed by atoms with Gasteiger partial charge in [-0.05, 0) is 78.9 Å². The molecule has 1 unspecified atom stereocenters. The van der Waals surface area contributed by atoms with Gasteiger partial charge in [-0.2, -0.15) is 0 Å². The zero-order chi connectivity index (χ0) is 24.3. The molecule has 2 heterocycles. The highest BCUT2D eigenvalue weighted by atomic mass is 35.5. The first-order valence-electron chi connectivity index (χ1n) is 11.5. The monoisotopic (exact) mass is 492 g/mol. The van der Waals surface area contributed by atoms with E-state index >= 15 is 0 Å². The van der Waals surface area contributed by atoms with Crippen LogP contribution in [-0.2, 0) is 10.3 Å². The summed E-state index contributed by atoms with van der Waals surface area (Å²) in [6.45, 7) is 1.45. The van der Waals surface area contributed by atoms with E-state index in [1.807, 2.05) is 24.3 Å². The van der Waals surface area contributed by atoms with Crippen molar-refractivity contribution >= 4 is 28.6 Å². The van der Waals surface area contributed by atoms with Crippen LogP contribution in [0.2, 0.25) is 5.02 Å². The minimum atomic E-state index is -1.21. The number of hydrogen-bond acceptors (Lipinski definition) is 3. The maximum Gasteiger partial charge on any atom is 0.335 e. The molecule has 0 spiro atoms. The van der Waals surface area contributed by atoms with E-state index in [-0.39, 0.29) is 11.3 Å². The van der Waals surface area contributed by atoms with Crippen LogP contribution in [0.25, 0.3) is 16.7 Å². The summed E-state index contributed by atoms with van der Waals surface area (Å²) in [5, 5.41) is 9.93. The number of hydrogen-bond donors (Lipinski definition) is 1. The topological polar surface area (TPSA) is 73.5 Å². The van der Waals surface area contributed by atoms with E-state index in [1.54, 1.807) is 27.3 Å². The summed E-state index contributed by atoms with van der Waals surface area (Å²) in [5.74, 6) is -1.50. The quantitative estimate of drug-likeness (QED) is 0.409. The molecule has 2 aliphatic rings. The van der Waals surface area contributed by atoms with E-state index in [2.05, 4.69) is 0 Å². The van der Waals surface area contributed by atoms with Crippen molar-refractivity contribution in [3.05, 3.63) is 98.7 Å². The second kappa shape index (κ2) is 8.07. The van der Waals surface area contributed by atoms with Crippen molar-refractivity contribution in [2.45, 2.75) is 30.7 Å². The van der Waals surface area contributed by atoms with Crippen molar-refractivity contribution in [2.24, 2.45) is 0 Å². The third-order valence-corrected chi connectivity index (χ3v) is 7.42. The first-order chi connectivity index (χ1) is 16.9. The number of ether oxygens (including phenoxy) is 1. The van der Waals surface area contributed by atoms with Gasteiger partial charge in [0.2, 0.25) is 0 Å². The van der Waals surface area contributed by atoms with Crippen LogP contribution in [0.15, 0.2) is 65.5 Å². The zero-order valence-corrected chi connectivity index (χ0v) is 19.5. The number of aromatic carboxylic acids is 1. The minimum absolute atomic E-state index is 0.141. The molecule has 0 radical (unpaired) electrons. The van der Waals surface area contributed by atoms with Gasteiger partial charge in [-0.15, -0.1) is 0 Å². The van der Waals surface area contributed by atoms with E-state index in [9.17, 15) is 19.1 Å². The van der Waals surface area contributed by atoms with Gasteiger partial charge in [-0.25, -0.2) is 14.0 Å². The molecule has 6 nitrogen and oxygen atoms in total. The van der Waals surface area contributed by atoms with Gasteiger partial charge in [0.25, 0.3) is 0 Å². The van der Waals surface area contributed by atoms with E-state index in [1.165, 1.54) is 17.7 Å². The number of imidazole rings is 1. The van der Waals surface area contributed by atoms with Crippen LogP contribution in [0.4, 0.5) is 4.39 Å². The van der Waals surface area contributed by atoms with E-state index in [0.29, 0.717) is 52.7 Å². The van der Waals surface area contributed by atoms with Gasteiger partial charge in [0.1, 0.15) is 5.82 Å². The lowest BCUT2D eigenvalue weighted by molar-refractivity contribution is 0.0696. The summed E-state index contributed by atoms with van der Waals surface area (Å²) in [7, 11) is 0. The Bertz CT molecular complexity index is 1530. The summed E-state index contributed by atoms with van der Waals surface area (Å²) in [6.07, 6.45) is 2.16. The number of benzene rings is 3. The average Bonchev–Trinajstić information content (AvgIpc) is 3.32. The van der Waals surface area contributed by atoms with Gasteiger partial charge < -0.3 is 9.84 Å². The Morgan fingerprint density at radius 3 is 2.49 bits per heavy atom. The summed E-state index contributed by atoms with van der Waals surface area (Å²) in [5.41, 5.74) is 2.40. The third kappa shape index (κ3) is 3.58. The van der Waals surface area contributed by atoms with Crippen LogP contribution in [0.5, 0.6) is 0 Å². The van der Waals surface area contributed by atoms with Crippen molar-refractivity contribution < 1.29 is 19.0 Å². The molecular formula is C27H22ClFN2O4. The van der Waals surface area contributed by atoms with E-state index in [4.69, 9.17) is 16.3 Å². The Kier molecular flexibility index (Phi) is 5.09. The second-order valence-electron chi connectivity index (χ2n) is 9.30. The van der Waals surface area contributed by atoms with Crippen LogP contribution in [-0.4, -0.2) is 33.4 Å². The Morgan fingerprint density at radius 2 is 1.83 bits per heavy atom. The Balaban J connectivity index is 1.53. The zero-order valence-electron chi connectivity index (χ0n) is 18.7. The number of aromatic nitrogens is 2. The average molecular weight is 493 g/mol. The molecule has 1 aliphatic heterocycles. The molecule has 1 N–H and O–H groups in total. The fourth-order valence-electron chi connectivity index (χ4n) is 5.27.